The molecule has 0 unspecified atom stereocenters. The molecular weight excluding hydrogens is 673 g/mol. The first-order valence-electron chi connectivity index (χ1n) is 19.1. The van der Waals surface area contributed by atoms with Crippen molar-refractivity contribution in [3.8, 4) is 0 Å². The van der Waals surface area contributed by atoms with Crippen LogP contribution in [-0.2, 0) is 0 Å². The van der Waals surface area contributed by atoms with Gasteiger partial charge in [0, 0.05) is 0 Å². The SMILES string of the molecule is c1cc2ccc1ccc1ccc(cc1)ccc1ccc(cc1)ccc1ccc(cc1)ccc1ccc(cc1)ccc1ccc(cc1)ccc1ccc(cc1)cc2. The minimum atomic E-state index is 1.17. The molecule has 0 fully saturated rings. The summed E-state index contributed by atoms with van der Waals surface area (Å²) in [5.74, 6) is 0. The van der Waals surface area contributed by atoms with E-state index in [4.69, 9.17) is 0 Å². The summed E-state index contributed by atoms with van der Waals surface area (Å²) in [6.07, 6.45) is 0. The summed E-state index contributed by atoms with van der Waals surface area (Å²) in [6, 6.07) is 90.9. The van der Waals surface area contributed by atoms with E-state index in [1.165, 1.54) is 75.4 Å². The normalized spacial score (nSPS) is 10.5. The fourth-order valence-corrected chi connectivity index (χ4v) is 6.37. The fourth-order valence-electron chi connectivity index (χ4n) is 6.37. The Morgan fingerprint density at radius 3 is 0.143 bits per heavy atom. The molecule has 266 valence electrons. The molecule has 0 saturated carbocycles. The predicted octanol–water partition coefficient (Wildman–Crippen LogP) is 15.9. The lowest BCUT2D eigenvalue weighted by Gasteiger charge is -1.92. The van der Waals surface area contributed by atoms with Crippen LogP contribution < -0.4 is 0 Å². The zero-order valence-electron chi connectivity index (χ0n) is 31.2. The van der Waals surface area contributed by atoms with Gasteiger partial charge in [-0.1, -0.05) is 255 Å². The highest BCUT2D eigenvalue weighted by molar-refractivity contribution is 5.72. The van der Waals surface area contributed by atoms with Crippen molar-refractivity contribution in [2.45, 2.75) is 0 Å². The van der Waals surface area contributed by atoms with Crippen LogP contribution in [0.25, 0.3) is 75.4 Å². The average Bonchev–Trinajstić information content (AvgIpc) is 3.26. The maximum atomic E-state index is 2.16. The largest absolute Gasteiger partial charge is 0.0544 e. The molecule has 0 radical (unpaired) electrons. The standard InChI is InChI=1S/C56H42/c1-2-44-4-3-43(1)29-30-45-5-7-47(8-6-45)33-34-49-13-15-51(16-14-49)37-38-53-21-23-55(24-22-53)41-42-56-27-25-54(26-28-56)40-39-52-19-17-50(18-20-52)36-35-48-11-9-46(10-12-48)32-31-44/h1-42H. The molecule has 0 heteroatoms. The molecule has 0 heterocycles. The van der Waals surface area contributed by atoms with Crippen molar-refractivity contribution in [3.63, 3.8) is 0 Å². The summed E-state index contributed by atoms with van der Waals surface area (Å²) < 4.78 is 0. The van der Waals surface area contributed by atoms with Gasteiger partial charge in [-0.25, -0.2) is 0 Å². The number of rotatable bonds is 0. The van der Waals surface area contributed by atoms with E-state index in [1.54, 1.807) is 0 Å². The molecule has 0 aromatic heterocycles. The lowest BCUT2D eigenvalue weighted by Crippen LogP contribution is -1.67. The summed E-state index contributed by atoms with van der Waals surface area (Å²) >= 11 is 0. The first kappa shape index (κ1) is 35.7. The smallest absolute Gasteiger partial charge is 0.0256 e. The van der Waals surface area contributed by atoms with E-state index in [1.807, 2.05) is 0 Å². The van der Waals surface area contributed by atoms with Crippen molar-refractivity contribution in [2.24, 2.45) is 0 Å². The Hall–Kier alpha value is -7.28. The molecular formula is C56H42. The Kier molecular flexibility index (Phi) is 11.3. The summed E-state index contributed by atoms with van der Waals surface area (Å²) in [7, 11) is 0. The van der Waals surface area contributed by atoms with Crippen LogP contribution in [-0.4, -0.2) is 0 Å². The Morgan fingerprint density at radius 1 is 0.0714 bits per heavy atom. The maximum Gasteiger partial charge on any atom is -0.0256 e. The minimum absolute atomic E-state index is 1.17. The Balaban J connectivity index is 1.12. The fraction of sp³-hybridized carbons (Fsp3) is 0. The molecule has 21 aromatic rings. The second-order valence-electron chi connectivity index (χ2n) is 14.0. The molecule has 0 aliphatic carbocycles. The lowest BCUT2D eigenvalue weighted by atomic mass is 10.1. The van der Waals surface area contributed by atoms with Crippen molar-refractivity contribution in [1.82, 2.24) is 0 Å². The third kappa shape index (κ3) is 10.2. The quantitative estimate of drug-likeness (QED) is 0.147. The number of benzene rings is 7. The predicted molar refractivity (Wildman–Crippen MR) is 246 cm³/mol. The van der Waals surface area contributed by atoms with Crippen molar-refractivity contribution in [1.29, 1.82) is 0 Å². The zero-order chi connectivity index (χ0) is 37.8. The summed E-state index contributed by atoms with van der Waals surface area (Å²) in [5.41, 5.74) is 0. The summed E-state index contributed by atoms with van der Waals surface area (Å²) in [6.45, 7) is 0. The maximum absolute atomic E-state index is 2.16. The first-order valence-corrected chi connectivity index (χ1v) is 19.1. The average molecular weight is 715 g/mol. The van der Waals surface area contributed by atoms with Gasteiger partial charge in [0.2, 0.25) is 0 Å². The molecule has 0 spiro atoms. The van der Waals surface area contributed by atoms with E-state index < -0.39 is 0 Å². The summed E-state index contributed by atoms with van der Waals surface area (Å²) in [4.78, 5) is 0. The minimum Gasteiger partial charge on any atom is -0.0544 e. The van der Waals surface area contributed by atoms with Gasteiger partial charge in [-0.2, -0.15) is 0 Å². The van der Waals surface area contributed by atoms with E-state index in [2.05, 4.69) is 255 Å². The molecule has 56 heavy (non-hydrogen) atoms. The van der Waals surface area contributed by atoms with Crippen LogP contribution in [0.3, 0.4) is 0 Å². The van der Waals surface area contributed by atoms with Gasteiger partial charge in [0.15, 0.2) is 0 Å². The van der Waals surface area contributed by atoms with Crippen molar-refractivity contribution in [3.05, 3.63) is 255 Å². The van der Waals surface area contributed by atoms with Gasteiger partial charge in [0.05, 0.1) is 0 Å². The van der Waals surface area contributed by atoms with E-state index in [0.717, 1.165) is 0 Å². The molecule has 0 N–H and O–H groups in total. The van der Waals surface area contributed by atoms with Crippen LogP contribution in [0.2, 0.25) is 0 Å². The highest BCUT2D eigenvalue weighted by Crippen LogP contribution is 2.14. The topological polar surface area (TPSA) is 0 Å². The summed E-state index contributed by atoms with van der Waals surface area (Å²) in [5, 5.41) is 16.4. The third-order valence-electron chi connectivity index (χ3n) is 9.83. The van der Waals surface area contributed by atoms with Crippen molar-refractivity contribution >= 4 is 75.4 Å². The molecule has 14 bridgehead atoms. The molecule has 21 rings (SSSR count). The Labute approximate surface area is 328 Å². The zero-order valence-corrected chi connectivity index (χ0v) is 31.2. The highest BCUT2D eigenvalue weighted by atomic mass is 13.9. The van der Waals surface area contributed by atoms with Gasteiger partial charge in [-0.15, -0.1) is 0 Å². The van der Waals surface area contributed by atoms with Gasteiger partial charge in [0.25, 0.3) is 0 Å². The molecule has 0 aliphatic heterocycles. The van der Waals surface area contributed by atoms with Crippen LogP contribution in [0.1, 0.15) is 0 Å². The lowest BCUT2D eigenvalue weighted by molar-refractivity contribution is 1.76. The van der Waals surface area contributed by atoms with E-state index >= 15 is 0 Å². The van der Waals surface area contributed by atoms with Crippen LogP contribution in [0.4, 0.5) is 0 Å². The van der Waals surface area contributed by atoms with E-state index in [0.29, 0.717) is 0 Å². The van der Waals surface area contributed by atoms with Gasteiger partial charge in [0.1, 0.15) is 0 Å². The number of hydrogen-bond acceptors (Lipinski definition) is 0. The molecule has 0 amide bonds. The van der Waals surface area contributed by atoms with Crippen LogP contribution >= 0.6 is 0 Å². The van der Waals surface area contributed by atoms with Gasteiger partial charge >= 0.3 is 0 Å². The second-order valence-corrected chi connectivity index (χ2v) is 14.0. The third-order valence-corrected chi connectivity index (χ3v) is 9.83. The molecule has 21 aromatic carbocycles. The van der Waals surface area contributed by atoms with Crippen LogP contribution in [0, 0.1) is 0 Å². The monoisotopic (exact) mass is 714 g/mol. The van der Waals surface area contributed by atoms with E-state index in [-0.39, 0.29) is 0 Å². The van der Waals surface area contributed by atoms with Crippen molar-refractivity contribution < 1.29 is 0 Å². The highest BCUT2D eigenvalue weighted by Gasteiger charge is 1.89. The van der Waals surface area contributed by atoms with Gasteiger partial charge in [-0.05, 0) is 75.4 Å². The van der Waals surface area contributed by atoms with Crippen LogP contribution in [0.5, 0.6) is 0 Å². The molecule has 0 atom stereocenters. The van der Waals surface area contributed by atoms with Gasteiger partial charge in [-0.3, -0.25) is 0 Å². The first-order chi connectivity index (χ1) is 27.6. The molecule has 0 saturated heterocycles. The van der Waals surface area contributed by atoms with Crippen LogP contribution in [0.15, 0.2) is 255 Å². The molecule has 0 nitrogen and oxygen atoms in total. The second kappa shape index (κ2) is 17.7. The van der Waals surface area contributed by atoms with Crippen molar-refractivity contribution in [2.75, 3.05) is 0 Å². The Morgan fingerprint density at radius 2 is 0.107 bits per heavy atom. The van der Waals surface area contributed by atoms with Gasteiger partial charge < -0.3 is 0 Å². The number of hydrogen-bond donors (Lipinski definition) is 0. The van der Waals surface area contributed by atoms with E-state index in [9.17, 15) is 0 Å². The molecule has 0 aliphatic rings. The Bertz CT molecular complexity index is 2160.